The molecule has 2 heterocycles. The monoisotopic (exact) mass is 408 g/mol. The third-order valence-electron chi connectivity index (χ3n) is 4.96. The lowest BCUT2D eigenvalue weighted by molar-refractivity contribution is -0.137. The number of piperidine rings is 1. The van der Waals surface area contributed by atoms with Crippen molar-refractivity contribution in [3.63, 3.8) is 0 Å². The van der Waals surface area contributed by atoms with Gasteiger partial charge in [0, 0.05) is 42.3 Å². The van der Waals surface area contributed by atoms with Gasteiger partial charge in [0.05, 0.1) is 5.56 Å². The molecule has 0 spiro atoms. The van der Waals surface area contributed by atoms with E-state index < -0.39 is 11.7 Å². The molecule has 4 N–H and O–H groups in total. The van der Waals surface area contributed by atoms with Gasteiger partial charge in [-0.3, -0.25) is 0 Å². The second kappa shape index (κ2) is 8.86. The van der Waals surface area contributed by atoms with E-state index in [1.807, 2.05) is 13.1 Å². The van der Waals surface area contributed by atoms with Gasteiger partial charge in [-0.1, -0.05) is 13.3 Å². The van der Waals surface area contributed by atoms with Crippen LogP contribution in [0.1, 0.15) is 37.4 Å². The van der Waals surface area contributed by atoms with Crippen LogP contribution in [-0.2, 0) is 12.6 Å². The normalized spacial score (nSPS) is 17.4. The zero-order valence-corrected chi connectivity index (χ0v) is 16.7. The Bertz CT molecular complexity index is 839. The van der Waals surface area contributed by atoms with Crippen molar-refractivity contribution in [3.05, 3.63) is 35.5 Å². The van der Waals surface area contributed by atoms with Crippen LogP contribution in [0.4, 0.5) is 36.3 Å². The number of aryl methyl sites for hydroxylation is 1. The highest BCUT2D eigenvalue weighted by Crippen LogP contribution is 2.33. The Kier molecular flexibility index (Phi) is 6.46. The van der Waals surface area contributed by atoms with Crippen LogP contribution < -0.4 is 21.3 Å². The minimum absolute atomic E-state index is 0.0279. The summed E-state index contributed by atoms with van der Waals surface area (Å²) in [5, 5.41) is 6.22. The first-order valence-electron chi connectivity index (χ1n) is 9.83. The van der Waals surface area contributed by atoms with Crippen molar-refractivity contribution in [1.29, 1.82) is 0 Å². The van der Waals surface area contributed by atoms with Crippen LogP contribution in [0, 0.1) is 0 Å². The number of benzene rings is 1. The van der Waals surface area contributed by atoms with E-state index in [0.717, 1.165) is 62.4 Å². The third-order valence-corrected chi connectivity index (χ3v) is 4.96. The molecule has 2 aromatic rings. The number of aromatic nitrogens is 2. The van der Waals surface area contributed by atoms with E-state index in [-0.39, 0.29) is 17.3 Å². The predicted molar refractivity (Wildman–Crippen MR) is 109 cm³/mol. The smallest absolute Gasteiger partial charge is 0.399 e. The molecule has 1 atom stereocenters. The molecule has 1 saturated heterocycles. The van der Waals surface area contributed by atoms with E-state index >= 15 is 0 Å². The summed E-state index contributed by atoms with van der Waals surface area (Å²) in [5.74, 6) is 1.06. The number of rotatable bonds is 6. The highest BCUT2D eigenvalue weighted by molar-refractivity contribution is 5.63. The molecular weight excluding hydrogens is 381 g/mol. The summed E-state index contributed by atoms with van der Waals surface area (Å²) < 4.78 is 39.3. The molecule has 0 bridgehead atoms. The summed E-state index contributed by atoms with van der Waals surface area (Å²) in [6, 6.07) is 5.73. The van der Waals surface area contributed by atoms with Crippen LogP contribution in [0.3, 0.4) is 0 Å². The quantitative estimate of drug-likeness (QED) is 0.628. The molecule has 0 amide bonds. The number of nitrogen functional groups attached to an aromatic ring is 1. The number of nitrogens with two attached hydrogens (primary N) is 1. The van der Waals surface area contributed by atoms with Crippen molar-refractivity contribution in [2.45, 2.75) is 44.8 Å². The minimum Gasteiger partial charge on any atom is -0.399 e. The highest BCUT2D eigenvalue weighted by atomic mass is 19.4. The number of alkyl halides is 3. The van der Waals surface area contributed by atoms with E-state index in [9.17, 15) is 13.2 Å². The molecule has 1 aliphatic rings. The molecule has 0 aliphatic carbocycles. The standard InChI is InChI=1S/C20H27F3N6/c1-3-5-15-11-18(29-7-4-6-16(12-29)25-2)28-19(26-15)27-17-9-13(20(21,22)23)8-14(24)10-17/h8-11,16,25H,3-7,12,24H2,1-2H3,(H,26,27,28)/t16-/m1/s1. The molecule has 1 fully saturated rings. The minimum atomic E-state index is -4.47. The predicted octanol–water partition coefficient (Wildman–Crippen LogP) is 3.96. The first-order chi connectivity index (χ1) is 13.8. The summed E-state index contributed by atoms with van der Waals surface area (Å²) in [6.07, 6.45) is -0.651. The van der Waals surface area contributed by atoms with Gasteiger partial charge in [-0.25, -0.2) is 4.98 Å². The first kappa shape index (κ1) is 21.2. The third kappa shape index (κ3) is 5.50. The Hall–Kier alpha value is -2.55. The molecule has 158 valence electrons. The molecule has 1 aromatic heterocycles. The van der Waals surface area contributed by atoms with Gasteiger partial charge in [0.1, 0.15) is 5.82 Å². The van der Waals surface area contributed by atoms with E-state index in [4.69, 9.17) is 5.73 Å². The van der Waals surface area contributed by atoms with Gasteiger partial charge in [-0.15, -0.1) is 0 Å². The number of nitrogens with one attached hydrogen (secondary N) is 2. The number of likely N-dealkylation sites (N-methyl/N-ethyl adjacent to an activating group) is 1. The maximum absolute atomic E-state index is 13.1. The van der Waals surface area contributed by atoms with E-state index in [2.05, 4.69) is 32.4 Å². The summed E-state index contributed by atoms with van der Waals surface area (Å²) >= 11 is 0. The molecule has 3 rings (SSSR count). The van der Waals surface area contributed by atoms with Crippen LogP contribution in [0.25, 0.3) is 0 Å². The maximum atomic E-state index is 13.1. The van der Waals surface area contributed by atoms with Gasteiger partial charge in [0.25, 0.3) is 0 Å². The number of halogens is 3. The molecular formula is C20H27F3N6. The van der Waals surface area contributed by atoms with Crippen LogP contribution in [-0.4, -0.2) is 36.1 Å². The summed E-state index contributed by atoms with van der Waals surface area (Å²) in [4.78, 5) is 11.3. The Balaban J connectivity index is 1.91. The van der Waals surface area contributed by atoms with Crippen LogP contribution in [0.2, 0.25) is 0 Å². The van der Waals surface area contributed by atoms with Gasteiger partial charge >= 0.3 is 6.18 Å². The van der Waals surface area contributed by atoms with E-state index in [0.29, 0.717) is 6.04 Å². The Labute approximate surface area is 168 Å². The molecule has 6 nitrogen and oxygen atoms in total. The second-order valence-corrected chi connectivity index (χ2v) is 7.33. The fraction of sp³-hybridized carbons (Fsp3) is 0.500. The summed E-state index contributed by atoms with van der Waals surface area (Å²) in [7, 11) is 1.95. The zero-order chi connectivity index (χ0) is 21.0. The maximum Gasteiger partial charge on any atom is 0.416 e. The Morgan fingerprint density at radius 1 is 1.21 bits per heavy atom. The number of hydrogen-bond acceptors (Lipinski definition) is 6. The molecule has 29 heavy (non-hydrogen) atoms. The van der Waals surface area contributed by atoms with E-state index in [1.54, 1.807) is 0 Å². The molecule has 0 saturated carbocycles. The lowest BCUT2D eigenvalue weighted by Gasteiger charge is -2.33. The molecule has 9 heteroatoms. The topological polar surface area (TPSA) is 79.1 Å². The molecule has 1 aliphatic heterocycles. The highest BCUT2D eigenvalue weighted by Gasteiger charge is 2.31. The Morgan fingerprint density at radius 2 is 2.00 bits per heavy atom. The molecule has 1 aromatic carbocycles. The fourth-order valence-corrected chi connectivity index (χ4v) is 3.52. The average molecular weight is 408 g/mol. The van der Waals surface area contributed by atoms with Crippen molar-refractivity contribution < 1.29 is 13.2 Å². The molecule has 0 unspecified atom stereocenters. The number of nitrogens with zero attached hydrogens (tertiary/aromatic N) is 3. The summed E-state index contributed by atoms with van der Waals surface area (Å²) in [5.41, 5.74) is 5.95. The lowest BCUT2D eigenvalue weighted by Crippen LogP contribution is -2.44. The van der Waals surface area contributed by atoms with Gasteiger partial charge in [0.2, 0.25) is 5.95 Å². The second-order valence-electron chi connectivity index (χ2n) is 7.33. The average Bonchev–Trinajstić information content (AvgIpc) is 2.67. The van der Waals surface area contributed by atoms with Crippen molar-refractivity contribution in [1.82, 2.24) is 15.3 Å². The number of anilines is 4. The zero-order valence-electron chi connectivity index (χ0n) is 16.7. The SMILES string of the molecule is CCCc1cc(N2CCC[C@@H](NC)C2)nc(Nc2cc(N)cc(C(F)(F)F)c2)n1. The van der Waals surface area contributed by atoms with Crippen molar-refractivity contribution in [3.8, 4) is 0 Å². The van der Waals surface area contributed by atoms with E-state index in [1.165, 1.54) is 6.07 Å². The van der Waals surface area contributed by atoms with Crippen molar-refractivity contribution in [2.75, 3.05) is 36.1 Å². The first-order valence-corrected chi connectivity index (χ1v) is 9.83. The van der Waals surface area contributed by atoms with Crippen molar-refractivity contribution >= 4 is 23.1 Å². The Morgan fingerprint density at radius 3 is 2.69 bits per heavy atom. The fourth-order valence-electron chi connectivity index (χ4n) is 3.52. The largest absolute Gasteiger partial charge is 0.416 e. The van der Waals surface area contributed by atoms with Gasteiger partial charge in [-0.05, 0) is 44.5 Å². The van der Waals surface area contributed by atoms with Crippen LogP contribution in [0.5, 0.6) is 0 Å². The lowest BCUT2D eigenvalue weighted by atomic mass is 10.1. The summed E-state index contributed by atoms with van der Waals surface area (Å²) in [6.45, 7) is 3.77. The van der Waals surface area contributed by atoms with Crippen molar-refractivity contribution in [2.24, 2.45) is 0 Å². The van der Waals surface area contributed by atoms with Crippen LogP contribution >= 0.6 is 0 Å². The van der Waals surface area contributed by atoms with Gasteiger partial charge in [0.15, 0.2) is 0 Å². The van der Waals surface area contributed by atoms with Gasteiger partial charge in [-0.2, -0.15) is 18.2 Å². The number of hydrogen-bond donors (Lipinski definition) is 3. The molecule has 0 radical (unpaired) electrons. The van der Waals surface area contributed by atoms with Crippen LogP contribution in [0.15, 0.2) is 24.3 Å². The van der Waals surface area contributed by atoms with Gasteiger partial charge < -0.3 is 21.3 Å².